The largest absolute Gasteiger partial charge is 0.299 e. The molecule has 2 nitrogen and oxygen atoms in total. The SMILES string of the molecule is CCCCCC(CCCCC)(C(C)=O)C(C)=O. The van der Waals surface area contributed by atoms with E-state index in [1.54, 1.807) is 13.8 Å². The van der Waals surface area contributed by atoms with Crippen LogP contribution < -0.4 is 0 Å². The van der Waals surface area contributed by atoms with Gasteiger partial charge in [0.1, 0.15) is 11.6 Å². The van der Waals surface area contributed by atoms with Gasteiger partial charge in [0.05, 0.1) is 5.41 Å². The second-order valence-electron chi connectivity index (χ2n) is 5.11. The maximum Gasteiger partial charge on any atom is 0.143 e. The summed E-state index contributed by atoms with van der Waals surface area (Å²) < 4.78 is 0. The molecule has 0 spiro atoms. The Hall–Kier alpha value is -0.660. The van der Waals surface area contributed by atoms with Crippen LogP contribution in [0.4, 0.5) is 0 Å². The Balaban J connectivity index is 4.62. The summed E-state index contributed by atoms with van der Waals surface area (Å²) >= 11 is 0. The van der Waals surface area contributed by atoms with E-state index in [2.05, 4.69) is 13.8 Å². The molecule has 0 fully saturated rings. The van der Waals surface area contributed by atoms with Crippen molar-refractivity contribution in [1.29, 1.82) is 0 Å². The van der Waals surface area contributed by atoms with Crippen LogP contribution in [0.15, 0.2) is 0 Å². The maximum absolute atomic E-state index is 11.9. The highest BCUT2D eigenvalue weighted by Gasteiger charge is 2.38. The van der Waals surface area contributed by atoms with Gasteiger partial charge >= 0.3 is 0 Å². The molecule has 0 aliphatic rings. The minimum Gasteiger partial charge on any atom is -0.299 e. The third kappa shape index (κ3) is 5.01. The molecule has 100 valence electrons. The molecule has 0 rings (SSSR count). The molecule has 0 radical (unpaired) electrons. The van der Waals surface area contributed by atoms with E-state index in [0.29, 0.717) is 0 Å². The molecular weight excluding hydrogens is 212 g/mol. The van der Waals surface area contributed by atoms with Crippen molar-refractivity contribution in [3.63, 3.8) is 0 Å². The van der Waals surface area contributed by atoms with Crippen molar-refractivity contribution in [2.45, 2.75) is 79.1 Å². The Morgan fingerprint density at radius 3 is 1.35 bits per heavy atom. The molecule has 2 heteroatoms. The molecule has 0 bridgehead atoms. The lowest BCUT2D eigenvalue weighted by atomic mass is 9.72. The Kier molecular flexibility index (Phi) is 8.11. The predicted molar refractivity (Wildman–Crippen MR) is 72.1 cm³/mol. The number of hydrogen-bond donors (Lipinski definition) is 0. The second kappa shape index (κ2) is 8.43. The normalized spacial score (nSPS) is 11.5. The fourth-order valence-electron chi connectivity index (χ4n) is 2.43. The van der Waals surface area contributed by atoms with Gasteiger partial charge in [0.25, 0.3) is 0 Å². The summed E-state index contributed by atoms with van der Waals surface area (Å²) in [5.41, 5.74) is -0.676. The standard InChI is InChI=1S/C15H28O2/c1-5-7-9-11-15(13(3)16,14(4)17)12-10-8-6-2/h5-12H2,1-4H3. The molecule has 0 aliphatic heterocycles. The third-order valence-corrected chi connectivity index (χ3v) is 3.76. The van der Waals surface area contributed by atoms with Crippen molar-refractivity contribution in [3.05, 3.63) is 0 Å². The predicted octanol–water partition coefficient (Wildman–Crippen LogP) is 4.31. The zero-order chi connectivity index (χ0) is 13.3. The summed E-state index contributed by atoms with van der Waals surface area (Å²) in [7, 11) is 0. The van der Waals surface area contributed by atoms with Crippen LogP contribution in [0.3, 0.4) is 0 Å². The maximum atomic E-state index is 11.9. The molecule has 0 unspecified atom stereocenters. The van der Waals surface area contributed by atoms with E-state index in [1.807, 2.05) is 0 Å². The zero-order valence-corrected chi connectivity index (χ0v) is 12.0. The van der Waals surface area contributed by atoms with Crippen LogP contribution in [0.1, 0.15) is 79.1 Å². The lowest BCUT2D eigenvalue weighted by molar-refractivity contribution is -0.139. The third-order valence-electron chi connectivity index (χ3n) is 3.76. The monoisotopic (exact) mass is 240 g/mol. The van der Waals surface area contributed by atoms with E-state index in [9.17, 15) is 9.59 Å². The quantitative estimate of drug-likeness (QED) is 0.421. The van der Waals surface area contributed by atoms with Gasteiger partial charge in [-0.2, -0.15) is 0 Å². The molecular formula is C15H28O2. The molecule has 0 saturated heterocycles. The van der Waals surface area contributed by atoms with Gasteiger partial charge in [-0.25, -0.2) is 0 Å². The Morgan fingerprint density at radius 1 is 0.765 bits per heavy atom. The molecule has 0 saturated carbocycles. The van der Waals surface area contributed by atoms with Gasteiger partial charge in [-0.3, -0.25) is 9.59 Å². The van der Waals surface area contributed by atoms with Gasteiger partial charge in [0.2, 0.25) is 0 Å². The fourth-order valence-corrected chi connectivity index (χ4v) is 2.43. The molecule has 0 aliphatic carbocycles. The topological polar surface area (TPSA) is 34.1 Å². The summed E-state index contributed by atoms with van der Waals surface area (Å²) in [4.78, 5) is 23.7. The number of carbonyl (C=O) groups is 2. The van der Waals surface area contributed by atoms with E-state index in [1.165, 1.54) is 0 Å². The van der Waals surface area contributed by atoms with E-state index in [4.69, 9.17) is 0 Å². The highest BCUT2D eigenvalue weighted by Crippen LogP contribution is 2.33. The Labute approximate surface area is 106 Å². The first-order chi connectivity index (χ1) is 8.01. The average molecular weight is 240 g/mol. The van der Waals surface area contributed by atoms with E-state index in [0.717, 1.165) is 51.4 Å². The number of hydrogen-bond acceptors (Lipinski definition) is 2. The van der Waals surface area contributed by atoms with Gasteiger partial charge in [0, 0.05) is 0 Å². The smallest absolute Gasteiger partial charge is 0.143 e. The summed E-state index contributed by atoms with van der Waals surface area (Å²) in [6.07, 6.45) is 7.93. The summed E-state index contributed by atoms with van der Waals surface area (Å²) in [6, 6.07) is 0. The van der Waals surface area contributed by atoms with Crippen molar-refractivity contribution < 1.29 is 9.59 Å². The minimum absolute atomic E-state index is 0.0669. The van der Waals surface area contributed by atoms with E-state index in [-0.39, 0.29) is 11.6 Å². The first-order valence-electron chi connectivity index (χ1n) is 7.03. The molecule has 0 amide bonds. The van der Waals surface area contributed by atoms with Gasteiger partial charge in [-0.05, 0) is 26.7 Å². The van der Waals surface area contributed by atoms with Crippen LogP contribution in [-0.4, -0.2) is 11.6 Å². The highest BCUT2D eigenvalue weighted by molar-refractivity contribution is 6.04. The highest BCUT2D eigenvalue weighted by atomic mass is 16.2. The van der Waals surface area contributed by atoms with Crippen molar-refractivity contribution in [2.75, 3.05) is 0 Å². The van der Waals surface area contributed by atoms with Crippen molar-refractivity contribution in [3.8, 4) is 0 Å². The molecule has 0 N–H and O–H groups in total. The van der Waals surface area contributed by atoms with Gasteiger partial charge in [-0.15, -0.1) is 0 Å². The number of carbonyl (C=O) groups excluding carboxylic acids is 2. The lowest BCUT2D eigenvalue weighted by Gasteiger charge is -2.28. The van der Waals surface area contributed by atoms with Gasteiger partial charge < -0.3 is 0 Å². The van der Waals surface area contributed by atoms with Crippen LogP contribution in [0.2, 0.25) is 0 Å². The van der Waals surface area contributed by atoms with Crippen LogP contribution in [0.5, 0.6) is 0 Å². The summed E-state index contributed by atoms with van der Waals surface area (Å²) in [5, 5.41) is 0. The fraction of sp³-hybridized carbons (Fsp3) is 0.867. The summed E-state index contributed by atoms with van der Waals surface area (Å²) in [5.74, 6) is 0.134. The van der Waals surface area contributed by atoms with E-state index < -0.39 is 5.41 Å². The first kappa shape index (κ1) is 16.3. The number of rotatable bonds is 10. The van der Waals surface area contributed by atoms with Crippen LogP contribution in [0.25, 0.3) is 0 Å². The first-order valence-corrected chi connectivity index (χ1v) is 7.03. The zero-order valence-electron chi connectivity index (χ0n) is 12.0. The van der Waals surface area contributed by atoms with Crippen LogP contribution in [-0.2, 0) is 9.59 Å². The van der Waals surface area contributed by atoms with Crippen LogP contribution in [0, 0.1) is 5.41 Å². The molecule has 17 heavy (non-hydrogen) atoms. The molecule has 0 aromatic carbocycles. The van der Waals surface area contributed by atoms with Gasteiger partial charge in [-0.1, -0.05) is 52.4 Å². The number of ketones is 2. The van der Waals surface area contributed by atoms with Crippen molar-refractivity contribution in [2.24, 2.45) is 5.41 Å². The number of Topliss-reactive ketones (excluding diaryl/α,β-unsaturated/α-hetero) is 2. The van der Waals surface area contributed by atoms with E-state index >= 15 is 0 Å². The minimum atomic E-state index is -0.676. The second-order valence-corrected chi connectivity index (χ2v) is 5.11. The van der Waals surface area contributed by atoms with Gasteiger partial charge in [0.15, 0.2) is 0 Å². The lowest BCUT2D eigenvalue weighted by Crippen LogP contribution is -2.36. The molecule has 0 aromatic heterocycles. The molecule has 0 heterocycles. The van der Waals surface area contributed by atoms with Crippen molar-refractivity contribution in [1.82, 2.24) is 0 Å². The van der Waals surface area contributed by atoms with Crippen LogP contribution >= 0.6 is 0 Å². The Morgan fingerprint density at radius 2 is 1.12 bits per heavy atom. The number of unbranched alkanes of at least 4 members (excludes halogenated alkanes) is 4. The Bertz CT molecular complexity index is 217. The molecule has 0 aromatic rings. The average Bonchev–Trinajstić information content (AvgIpc) is 2.26. The van der Waals surface area contributed by atoms with Crippen molar-refractivity contribution >= 4 is 11.6 Å². The summed E-state index contributed by atoms with van der Waals surface area (Å²) in [6.45, 7) is 7.44. The molecule has 0 atom stereocenters.